The summed E-state index contributed by atoms with van der Waals surface area (Å²) < 4.78 is 6.41. The van der Waals surface area contributed by atoms with E-state index in [4.69, 9.17) is 4.74 Å². The number of para-hydroxylation sites is 1. The van der Waals surface area contributed by atoms with Gasteiger partial charge in [-0.2, -0.15) is 0 Å². The lowest BCUT2D eigenvalue weighted by atomic mass is 9.86. The standard InChI is InChI=1S/C20H25N3O4/c1-13-7-3-5-9-16(13)22-19(25)14(2)27-18(24)11-23-12-21-17-10-6-4-8-15(17)20(23)26/h4,6,8,10,12-14,16H,3,5,7,9,11H2,1-2H3,(H,22,25)/t13-,14+,16-/m0/s1. The first-order chi connectivity index (χ1) is 13.0. The van der Waals surface area contributed by atoms with Gasteiger partial charge in [-0.05, 0) is 37.8 Å². The van der Waals surface area contributed by atoms with Crippen LogP contribution in [0.15, 0.2) is 35.4 Å². The van der Waals surface area contributed by atoms with E-state index in [1.54, 1.807) is 31.2 Å². The summed E-state index contributed by atoms with van der Waals surface area (Å²) in [5, 5.41) is 3.41. The van der Waals surface area contributed by atoms with Crippen LogP contribution in [-0.2, 0) is 20.9 Å². The first kappa shape index (κ1) is 19.1. The Hall–Kier alpha value is -2.70. The molecule has 0 unspecified atom stereocenters. The molecule has 1 heterocycles. The fraction of sp³-hybridized carbons (Fsp3) is 0.500. The Labute approximate surface area is 157 Å². The van der Waals surface area contributed by atoms with Gasteiger partial charge in [0.25, 0.3) is 11.5 Å². The molecule has 2 aromatic rings. The normalized spacial score (nSPS) is 20.8. The number of hydrogen-bond donors (Lipinski definition) is 1. The molecule has 0 bridgehead atoms. The van der Waals surface area contributed by atoms with Gasteiger partial charge in [0.2, 0.25) is 0 Å². The number of ether oxygens (including phenoxy) is 1. The Kier molecular flexibility index (Phi) is 5.88. The summed E-state index contributed by atoms with van der Waals surface area (Å²) >= 11 is 0. The first-order valence-corrected chi connectivity index (χ1v) is 9.39. The molecule has 0 radical (unpaired) electrons. The van der Waals surface area contributed by atoms with Crippen LogP contribution in [0.2, 0.25) is 0 Å². The van der Waals surface area contributed by atoms with Gasteiger partial charge in [0.05, 0.1) is 17.2 Å². The van der Waals surface area contributed by atoms with Crippen molar-refractivity contribution in [3.63, 3.8) is 0 Å². The number of carbonyl (C=O) groups is 2. The van der Waals surface area contributed by atoms with Crippen LogP contribution in [0.3, 0.4) is 0 Å². The van der Waals surface area contributed by atoms with E-state index in [2.05, 4.69) is 17.2 Å². The van der Waals surface area contributed by atoms with Gasteiger partial charge in [-0.3, -0.25) is 19.0 Å². The summed E-state index contributed by atoms with van der Waals surface area (Å²) in [4.78, 5) is 41.1. The number of aromatic nitrogens is 2. The fourth-order valence-corrected chi connectivity index (χ4v) is 3.48. The van der Waals surface area contributed by atoms with Crippen LogP contribution in [0.1, 0.15) is 39.5 Å². The molecule has 0 saturated heterocycles. The molecule has 0 spiro atoms. The Morgan fingerprint density at radius 2 is 2.04 bits per heavy atom. The first-order valence-electron chi connectivity index (χ1n) is 9.39. The minimum Gasteiger partial charge on any atom is -0.451 e. The number of rotatable bonds is 5. The molecule has 7 heteroatoms. The zero-order valence-electron chi connectivity index (χ0n) is 15.7. The molecule has 1 saturated carbocycles. The predicted octanol–water partition coefficient (Wildman–Crippen LogP) is 2.02. The SMILES string of the molecule is C[C@@H](OC(=O)Cn1cnc2ccccc2c1=O)C(=O)N[C@H]1CCCC[C@@H]1C. The fourth-order valence-electron chi connectivity index (χ4n) is 3.48. The van der Waals surface area contributed by atoms with Gasteiger partial charge in [0.15, 0.2) is 6.10 Å². The van der Waals surface area contributed by atoms with E-state index >= 15 is 0 Å². The van der Waals surface area contributed by atoms with Gasteiger partial charge in [0.1, 0.15) is 6.54 Å². The summed E-state index contributed by atoms with van der Waals surface area (Å²) in [5.74, 6) is -0.521. The highest BCUT2D eigenvalue weighted by molar-refractivity contribution is 5.83. The molecular formula is C20H25N3O4. The van der Waals surface area contributed by atoms with Gasteiger partial charge in [0, 0.05) is 6.04 Å². The molecule has 3 atom stereocenters. The molecule has 1 aromatic heterocycles. The van der Waals surface area contributed by atoms with Crippen LogP contribution in [0.5, 0.6) is 0 Å². The van der Waals surface area contributed by atoms with Crippen molar-refractivity contribution < 1.29 is 14.3 Å². The largest absolute Gasteiger partial charge is 0.451 e. The average molecular weight is 371 g/mol. The smallest absolute Gasteiger partial charge is 0.326 e. The van der Waals surface area contributed by atoms with E-state index in [9.17, 15) is 14.4 Å². The van der Waals surface area contributed by atoms with Crippen molar-refractivity contribution in [1.29, 1.82) is 0 Å². The van der Waals surface area contributed by atoms with Crippen LogP contribution in [0.25, 0.3) is 10.9 Å². The van der Waals surface area contributed by atoms with E-state index in [1.807, 2.05) is 0 Å². The van der Waals surface area contributed by atoms with Crippen molar-refractivity contribution >= 4 is 22.8 Å². The lowest BCUT2D eigenvalue weighted by Crippen LogP contribution is -2.46. The molecule has 1 amide bonds. The van der Waals surface area contributed by atoms with Crippen molar-refractivity contribution in [2.45, 2.75) is 58.2 Å². The van der Waals surface area contributed by atoms with Gasteiger partial charge >= 0.3 is 5.97 Å². The maximum Gasteiger partial charge on any atom is 0.326 e. The highest BCUT2D eigenvalue weighted by atomic mass is 16.5. The summed E-state index contributed by atoms with van der Waals surface area (Å²) in [6.07, 6.45) is 4.74. The number of nitrogens with zero attached hydrogens (tertiary/aromatic N) is 2. The van der Waals surface area contributed by atoms with E-state index < -0.39 is 12.1 Å². The topological polar surface area (TPSA) is 90.3 Å². The summed E-state index contributed by atoms with van der Waals surface area (Å²) in [5.41, 5.74) is 0.257. The Balaban J connectivity index is 1.59. The monoisotopic (exact) mass is 371 g/mol. The maximum absolute atomic E-state index is 12.4. The van der Waals surface area contributed by atoms with Crippen LogP contribution in [0, 0.1) is 5.92 Å². The van der Waals surface area contributed by atoms with E-state index in [-0.39, 0.29) is 24.1 Å². The number of amides is 1. The predicted molar refractivity (Wildman–Crippen MR) is 101 cm³/mol. The van der Waals surface area contributed by atoms with Gasteiger partial charge in [-0.15, -0.1) is 0 Å². The number of esters is 1. The third kappa shape index (κ3) is 4.53. The molecule has 1 aromatic carbocycles. The molecule has 144 valence electrons. The Morgan fingerprint density at radius 1 is 1.30 bits per heavy atom. The third-order valence-corrected chi connectivity index (χ3v) is 5.15. The lowest BCUT2D eigenvalue weighted by Gasteiger charge is -2.30. The second-order valence-electron chi connectivity index (χ2n) is 7.20. The lowest BCUT2D eigenvalue weighted by molar-refractivity contribution is -0.155. The minimum absolute atomic E-state index is 0.125. The molecule has 3 rings (SSSR count). The minimum atomic E-state index is -0.907. The Bertz CT molecular complexity index is 892. The van der Waals surface area contributed by atoms with Crippen molar-refractivity contribution in [2.24, 2.45) is 5.92 Å². The van der Waals surface area contributed by atoms with Crippen molar-refractivity contribution in [3.05, 3.63) is 40.9 Å². The van der Waals surface area contributed by atoms with Crippen molar-refractivity contribution in [3.8, 4) is 0 Å². The third-order valence-electron chi connectivity index (χ3n) is 5.15. The maximum atomic E-state index is 12.4. The Morgan fingerprint density at radius 3 is 2.81 bits per heavy atom. The van der Waals surface area contributed by atoms with E-state index in [0.29, 0.717) is 16.8 Å². The second kappa shape index (κ2) is 8.33. The summed E-state index contributed by atoms with van der Waals surface area (Å²) in [7, 11) is 0. The molecule has 1 aliphatic rings. The van der Waals surface area contributed by atoms with Crippen molar-refractivity contribution in [1.82, 2.24) is 14.9 Å². The number of benzene rings is 1. The highest BCUT2D eigenvalue weighted by Crippen LogP contribution is 2.23. The van der Waals surface area contributed by atoms with E-state index in [0.717, 1.165) is 19.3 Å². The summed E-state index contributed by atoms with van der Waals surface area (Å²) in [6, 6.07) is 7.05. The second-order valence-corrected chi connectivity index (χ2v) is 7.20. The summed E-state index contributed by atoms with van der Waals surface area (Å²) in [6.45, 7) is 3.39. The molecule has 0 aliphatic heterocycles. The zero-order chi connectivity index (χ0) is 19.4. The number of hydrogen-bond acceptors (Lipinski definition) is 5. The van der Waals surface area contributed by atoms with Crippen LogP contribution in [-0.4, -0.2) is 33.6 Å². The van der Waals surface area contributed by atoms with Crippen LogP contribution in [0.4, 0.5) is 0 Å². The van der Waals surface area contributed by atoms with Gasteiger partial charge < -0.3 is 10.1 Å². The van der Waals surface area contributed by atoms with E-state index in [1.165, 1.54) is 17.3 Å². The molecule has 27 heavy (non-hydrogen) atoms. The van der Waals surface area contributed by atoms with Gasteiger partial charge in [-0.25, -0.2) is 4.98 Å². The number of nitrogens with one attached hydrogen (secondary N) is 1. The molecule has 1 aliphatic carbocycles. The molecule has 7 nitrogen and oxygen atoms in total. The van der Waals surface area contributed by atoms with Gasteiger partial charge in [-0.1, -0.05) is 31.9 Å². The molecular weight excluding hydrogens is 346 g/mol. The molecule has 1 fully saturated rings. The van der Waals surface area contributed by atoms with Crippen LogP contribution < -0.4 is 10.9 Å². The number of carbonyl (C=O) groups excluding carboxylic acids is 2. The number of fused-ring (bicyclic) bond motifs is 1. The van der Waals surface area contributed by atoms with Crippen LogP contribution >= 0.6 is 0 Å². The average Bonchev–Trinajstić information content (AvgIpc) is 2.66. The quantitative estimate of drug-likeness (QED) is 0.812. The zero-order valence-corrected chi connectivity index (χ0v) is 15.7. The highest BCUT2D eigenvalue weighted by Gasteiger charge is 2.26. The van der Waals surface area contributed by atoms with Crippen molar-refractivity contribution in [2.75, 3.05) is 0 Å². The molecule has 1 N–H and O–H groups in total.